The van der Waals surface area contributed by atoms with Crippen molar-refractivity contribution in [3.05, 3.63) is 27.8 Å². The van der Waals surface area contributed by atoms with Crippen LogP contribution >= 0.6 is 0 Å². The fourth-order valence-corrected chi connectivity index (χ4v) is 5.42. The van der Waals surface area contributed by atoms with E-state index >= 15 is 0 Å². The summed E-state index contributed by atoms with van der Waals surface area (Å²) in [7, 11) is -6.51. The third-order valence-corrected chi connectivity index (χ3v) is 7.88. The largest absolute Gasteiger partial charge is 0.379 e. The number of benzene rings is 1. The molecule has 196 valence electrons. The average molecular weight is 533 g/mol. The number of nitro benzene ring substituents is 1. The van der Waals surface area contributed by atoms with E-state index in [0.29, 0.717) is 45.8 Å². The number of anilines is 1. The van der Waals surface area contributed by atoms with Gasteiger partial charge in [0.2, 0.25) is 10.0 Å². The van der Waals surface area contributed by atoms with Crippen molar-refractivity contribution in [3.8, 4) is 12.3 Å². The monoisotopic (exact) mass is 532 g/mol. The molecule has 0 unspecified atom stereocenters. The number of nitro groups is 1. The third-order valence-electron chi connectivity index (χ3n) is 5.42. The minimum atomic E-state index is -4.20. The number of non-ortho nitro benzene ring substituents is 1. The van der Waals surface area contributed by atoms with Crippen LogP contribution in [0.15, 0.2) is 17.0 Å². The summed E-state index contributed by atoms with van der Waals surface area (Å²) in [6.45, 7) is 5.06. The van der Waals surface area contributed by atoms with Crippen LogP contribution in [0.2, 0.25) is 0 Å². The van der Waals surface area contributed by atoms with E-state index in [4.69, 9.17) is 15.3 Å². The summed E-state index contributed by atoms with van der Waals surface area (Å²) in [5.74, 6) is 2.36. The van der Waals surface area contributed by atoms with Crippen molar-refractivity contribution >= 4 is 31.5 Å². The van der Waals surface area contributed by atoms with Crippen LogP contribution < -0.4 is 4.90 Å². The fourth-order valence-electron chi connectivity index (χ4n) is 3.63. The first-order chi connectivity index (χ1) is 16.4. The molecule has 0 amide bonds. The molecule has 14 heteroatoms. The molecule has 1 saturated heterocycles. The maximum Gasteiger partial charge on any atom is 0.272 e. The Morgan fingerprint density at radius 3 is 2.40 bits per heavy atom. The second-order valence-electron chi connectivity index (χ2n) is 8.04. The van der Waals surface area contributed by atoms with Crippen molar-refractivity contribution in [2.24, 2.45) is 0 Å². The van der Waals surface area contributed by atoms with Crippen molar-refractivity contribution in [3.63, 3.8) is 0 Å². The molecule has 0 radical (unpaired) electrons. The number of ether oxygens (including phenoxy) is 1. The van der Waals surface area contributed by atoms with Gasteiger partial charge in [-0.1, -0.05) is 12.8 Å². The zero-order valence-corrected chi connectivity index (χ0v) is 21.8. The van der Waals surface area contributed by atoms with Crippen LogP contribution in [0.5, 0.6) is 0 Å². The van der Waals surface area contributed by atoms with Gasteiger partial charge in [-0.3, -0.25) is 19.2 Å². The molecule has 0 spiro atoms. The molecule has 1 aliphatic heterocycles. The van der Waals surface area contributed by atoms with Crippen LogP contribution in [0.4, 0.5) is 11.4 Å². The van der Waals surface area contributed by atoms with E-state index in [1.807, 2.05) is 6.92 Å². The highest BCUT2D eigenvalue weighted by Crippen LogP contribution is 2.35. The van der Waals surface area contributed by atoms with Gasteiger partial charge in [-0.15, -0.1) is 6.42 Å². The van der Waals surface area contributed by atoms with Crippen molar-refractivity contribution in [2.45, 2.75) is 18.2 Å². The van der Waals surface area contributed by atoms with E-state index < -0.39 is 30.8 Å². The molecule has 0 aliphatic carbocycles. The van der Waals surface area contributed by atoms with Crippen LogP contribution in [0.1, 0.15) is 18.9 Å². The molecule has 0 bridgehead atoms. The minimum absolute atomic E-state index is 0.00735. The first kappa shape index (κ1) is 29.0. The lowest BCUT2D eigenvalue weighted by atomic mass is 10.1. The summed E-state index contributed by atoms with van der Waals surface area (Å²) in [6, 6.07) is 2.14. The van der Waals surface area contributed by atoms with Gasteiger partial charge in [0.25, 0.3) is 15.8 Å². The number of morpholine rings is 1. The topological polar surface area (TPSA) is 140 Å². The van der Waals surface area contributed by atoms with Gasteiger partial charge in [0.1, 0.15) is 4.90 Å². The molecule has 0 saturated carbocycles. The number of likely N-dealkylation sites (N-methyl/N-ethyl adjacent to an activating group) is 1. The number of terminal acetylenes is 1. The molecule has 12 nitrogen and oxygen atoms in total. The Bertz CT molecular complexity index is 1140. The summed E-state index contributed by atoms with van der Waals surface area (Å²) in [6.07, 6.45) is 7.13. The Balaban J connectivity index is 2.50. The molecule has 0 N–H and O–H groups in total. The highest BCUT2D eigenvalue weighted by Gasteiger charge is 2.31. The van der Waals surface area contributed by atoms with E-state index in [2.05, 4.69) is 10.8 Å². The highest BCUT2D eigenvalue weighted by atomic mass is 32.2. The minimum Gasteiger partial charge on any atom is -0.379 e. The van der Waals surface area contributed by atoms with Crippen molar-refractivity contribution in [1.82, 2.24) is 9.21 Å². The van der Waals surface area contributed by atoms with E-state index in [1.165, 1.54) is 7.05 Å². The van der Waals surface area contributed by atoms with E-state index in [-0.39, 0.29) is 35.8 Å². The molecule has 0 aromatic heterocycles. The Kier molecular flexibility index (Phi) is 10.4. The number of rotatable bonds is 13. The second kappa shape index (κ2) is 12.6. The molecular formula is C21H32N4O8S2. The summed E-state index contributed by atoms with van der Waals surface area (Å²) in [5.41, 5.74) is -0.326. The van der Waals surface area contributed by atoms with Crippen LogP contribution in [-0.4, -0.2) is 103 Å². The Morgan fingerprint density at radius 1 is 1.20 bits per heavy atom. The maximum absolute atomic E-state index is 13.6. The van der Waals surface area contributed by atoms with Crippen molar-refractivity contribution in [2.75, 3.05) is 77.3 Å². The van der Waals surface area contributed by atoms with Gasteiger partial charge in [0, 0.05) is 58.4 Å². The van der Waals surface area contributed by atoms with Gasteiger partial charge in [0.15, 0.2) is 0 Å². The van der Waals surface area contributed by atoms with Gasteiger partial charge < -0.3 is 9.64 Å². The quantitative estimate of drug-likeness (QED) is 0.154. The number of nitrogens with zero attached hydrogens (tertiary/aromatic N) is 4. The van der Waals surface area contributed by atoms with E-state index in [9.17, 15) is 26.9 Å². The van der Waals surface area contributed by atoms with Crippen molar-refractivity contribution < 1.29 is 30.7 Å². The Hall–Kier alpha value is -2.28. The molecule has 1 heterocycles. The summed E-state index contributed by atoms with van der Waals surface area (Å²) in [4.78, 5) is 14.2. The molecule has 0 atom stereocenters. The first-order valence-corrected chi connectivity index (χ1v) is 14.3. The van der Waals surface area contributed by atoms with Crippen LogP contribution in [-0.2, 0) is 29.1 Å². The summed E-state index contributed by atoms with van der Waals surface area (Å²) >= 11 is 0. The second-order valence-corrected chi connectivity index (χ2v) is 11.7. The Morgan fingerprint density at radius 2 is 1.86 bits per heavy atom. The zero-order valence-electron chi connectivity index (χ0n) is 20.2. The summed E-state index contributed by atoms with van der Waals surface area (Å²) < 4.78 is 61.4. The van der Waals surface area contributed by atoms with Crippen molar-refractivity contribution in [1.29, 1.82) is 0 Å². The van der Waals surface area contributed by atoms with Crippen LogP contribution in [0.3, 0.4) is 0 Å². The highest BCUT2D eigenvalue weighted by molar-refractivity contribution is 7.89. The molecule has 2 rings (SSSR count). The molecule has 1 aromatic carbocycles. The molecular weight excluding hydrogens is 500 g/mol. The number of sulfonamides is 1. The average Bonchev–Trinajstić information content (AvgIpc) is 2.80. The van der Waals surface area contributed by atoms with E-state index in [1.54, 1.807) is 4.90 Å². The van der Waals surface area contributed by atoms with Crippen LogP contribution in [0, 0.1) is 22.5 Å². The standard InChI is InChI=1S/C21H32N4O8S2/c1-5-7-24(12-15-33-34(4,28)29)21-18(6-2)16-19(25(26)27)17-20(21)35(30,31)22(3)8-9-23-10-13-32-14-11-23/h2,16-17H,5,7-15H2,1,3-4H3. The maximum atomic E-state index is 13.6. The van der Waals surface area contributed by atoms with Crippen LogP contribution in [0.25, 0.3) is 0 Å². The SMILES string of the molecule is C#Cc1cc([N+](=O)[O-])cc(S(=O)(=O)N(C)CCN2CCOCC2)c1N(CCC)CCOS(C)(=O)=O. The fraction of sp³-hybridized carbons (Fsp3) is 0.619. The van der Waals surface area contributed by atoms with Gasteiger partial charge >= 0.3 is 0 Å². The predicted octanol–water partition coefficient (Wildman–Crippen LogP) is 0.721. The first-order valence-electron chi connectivity index (χ1n) is 11.1. The van der Waals surface area contributed by atoms with E-state index in [0.717, 1.165) is 22.7 Å². The molecule has 1 fully saturated rings. The lowest BCUT2D eigenvalue weighted by Crippen LogP contribution is -2.42. The lowest BCUT2D eigenvalue weighted by molar-refractivity contribution is -0.385. The molecule has 1 aliphatic rings. The normalized spacial score (nSPS) is 15.2. The van der Waals surface area contributed by atoms with Gasteiger partial charge in [-0.25, -0.2) is 8.42 Å². The molecule has 1 aromatic rings. The molecule has 35 heavy (non-hydrogen) atoms. The predicted molar refractivity (Wildman–Crippen MR) is 131 cm³/mol. The summed E-state index contributed by atoms with van der Waals surface area (Å²) in [5, 5.41) is 11.5. The lowest BCUT2D eigenvalue weighted by Gasteiger charge is -2.30. The van der Waals surface area contributed by atoms with Gasteiger partial charge in [-0.05, 0) is 6.42 Å². The third kappa shape index (κ3) is 8.13. The van der Waals surface area contributed by atoms with Gasteiger partial charge in [0.05, 0.1) is 42.3 Å². The number of hydrogen-bond donors (Lipinski definition) is 0. The Labute approximate surface area is 207 Å². The smallest absolute Gasteiger partial charge is 0.272 e. The van der Waals surface area contributed by atoms with Gasteiger partial charge in [-0.2, -0.15) is 12.7 Å². The number of hydrogen-bond acceptors (Lipinski definition) is 10. The zero-order chi connectivity index (χ0) is 26.2.